The van der Waals surface area contributed by atoms with Gasteiger partial charge >= 0.3 is 0 Å². The first kappa shape index (κ1) is 16.9. The summed E-state index contributed by atoms with van der Waals surface area (Å²) in [5.74, 6) is 1.44. The molecule has 0 aromatic rings. The van der Waals surface area contributed by atoms with Crippen molar-refractivity contribution in [2.75, 3.05) is 45.9 Å². The van der Waals surface area contributed by atoms with Gasteiger partial charge in [-0.25, -0.2) is 0 Å². The van der Waals surface area contributed by atoms with Crippen LogP contribution >= 0.6 is 0 Å². The molecule has 0 saturated carbocycles. The molecule has 0 radical (unpaired) electrons. The van der Waals surface area contributed by atoms with Gasteiger partial charge in [0.25, 0.3) is 0 Å². The topological polar surface area (TPSA) is 24.5 Å². The molecule has 0 rings (SSSR count). The van der Waals surface area contributed by atoms with Gasteiger partial charge in [-0.1, -0.05) is 27.7 Å². The third-order valence-electron chi connectivity index (χ3n) is 2.82. The summed E-state index contributed by atoms with van der Waals surface area (Å²) in [6.07, 6.45) is 0. The van der Waals surface area contributed by atoms with Crippen molar-refractivity contribution in [1.29, 1.82) is 0 Å². The molecule has 3 heteroatoms. The Morgan fingerprint density at radius 3 is 2.35 bits per heavy atom. The Morgan fingerprint density at radius 1 is 1.12 bits per heavy atom. The zero-order chi connectivity index (χ0) is 13.1. The first-order valence-corrected chi connectivity index (χ1v) is 7.10. The highest BCUT2D eigenvalue weighted by Gasteiger charge is 2.08. The van der Waals surface area contributed by atoms with E-state index in [-0.39, 0.29) is 0 Å². The molecule has 1 N–H and O–H groups in total. The van der Waals surface area contributed by atoms with E-state index in [0.717, 1.165) is 51.9 Å². The van der Waals surface area contributed by atoms with E-state index in [1.807, 2.05) is 0 Å². The summed E-state index contributed by atoms with van der Waals surface area (Å²) in [6, 6.07) is 0. The summed E-state index contributed by atoms with van der Waals surface area (Å²) in [5.41, 5.74) is 0. The highest BCUT2D eigenvalue weighted by molar-refractivity contribution is 4.64. The van der Waals surface area contributed by atoms with Crippen LogP contribution in [-0.2, 0) is 4.74 Å². The summed E-state index contributed by atoms with van der Waals surface area (Å²) >= 11 is 0. The largest absolute Gasteiger partial charge is 0.380 e. The lowest BCUT2D eigenvalue weighted by Gasteiger charge is -2.24. The molecular formula is C14H32N2O. The molecule has 104 valence electrons. The second-order valence-corrected chi connectivity index (χ2v) is 5.25. The molecule has 1 unspecified atom stereocenters. The van der Waals surface area contributed by atoms with Gasteiger partial charge < -0.3 is 15.0 Å². The first-order chi connectivity index (χ1) is 8.10. The summed E-state index contributed by atoms with van der Waals surface area (Å²) < 4.78 is 5.40. The van der Waals surface area contributed by atoms with Crippen molar-refractivity contribution in [3.8, 4) is 0 Å². The highest BCUT2D eigenvalue weighted by atomic mass is 16.5. The van der Waals surface area contributed by atoms with Gasteiger partial charge in [-0.05, 0) is 38.4 Å². The standard InChI is InChI=1S/C14H32N2O/c1-6-16(8-9-17-7-2)12-14(5)11-15-10-13(3)4/h13-15H,6-12H2,1-5H3. The van der Waals surface area contributed by atoms with E-state index in [4.69, 9.17) is 4.74 Å². The maximum absolute atomic E-state index is 5.40. The molecule has 1 atom stereocenters. The van der Waals surface area contributed by atoms with E-state index in [1.54, 1.807) is 0 Å². The van der Waals surface area contributed by atoms with Crippen molar-refractivity contribution in [3.05, 3.63) is 0 Å². The SMILES string of the molecule is CCOCCN(CC)CC(C)CNCC(C)C. The van der Waals surface area contributed by atoms with Crippen molar-refractivity contribution in [1.82, 2.24) is 10.2 Å². The normalized spacial score (nSPS) is 13.6. The molecule has 0 heterocycles. The minimum atomic E-state index is 0.704. The summed E-state index contributed by atoms with van der Waals surface area (Å²) in [6.45, 7) is 18.3. The van der Waals surface area contributed by atoms with Crippen molar-refractivity contribution in [3.63, 3.8) is 0 Å². The van der Waals surface area contributed by atoms with Crippen LogP contribution in [0.4, 0.5) is 0 Å². The van der Waals surface area contributed by atoms with Gasteiger partial charge in [-0.2, -0.15) is 0 Å². The van der Waals surface area contributed by atoms with Gasteiger partial charge in [0.15, 0.2) is 0 Å². The number of likely N-dealkylation sites (N-methyl/N-ethyl adjacent to an activating group) is 1. The Morgan fingerprint density at radius 2 is 1.82 bits per heavy atom. The lowest BCUT2D eigenvalue weighted by molar-refractivity contribution is 0.109. The van der Waals surface area contributed by atoms with Gasteiger partial charge in [0.05, 0.1) is 6.61 Å². The molecule has 0 saturated heterocycles. The molecule has 0 amide bonds. The predicted octanol–water partition coefficient (Wildman–Crippen LogP) is 2.23. The van der Waals surface area contributed by atoms with Crippen LogP contribution in [0.5, 0.6) is 0 Å². The van der Waals surface area contributed by atoms with E-state index in [1.165, 1.54) is 0 Å². The molecule has 17 heavy (non-hydrogen) atoms. The monoisotopic (exact) mass is 244 g/mol. The van der Waals surface area contributed by atoms with Gasteiger partial charge in [-0.15, -0.1) is 0 Å². The molecule has 0 aliphatic heterocycles. The zero-order valence-corrected chi connectivity index (χ0v) is 12.5. The second-order valence-electron chi connectivity index (χ2n) is 5.25. The highest BCUT2D eigenvalue weighted by Crippen LogP contribution is 1.99. The Hall–Kier alpha value is -0.120. The lowest BCUT2D eigenvalue weighted by Crippen LogP contribution is -2.36. The third kappa shape index (κ3) is 10.7. The maximum atomic E-state index is 5.40. The summed E-state index contributed by atoms with van der Waals surface area (Å²) in [5, 5.41) is 3.52. The maximum Gasteiger partial charge on any atom is 0.0593 e. The molecule has 0 spiro atoms. The number of nitrogens with zero attached hydrogens (tertiary/aromatic N) is 1. The first-order valence-electron chi connectivity index (χ1n) is 7.10. The summed E-state index contributed by atoms with van der Waals surface area (Å²) in [4.78, 5) is 2.47. The number of ether oxygens (including phenoxy) is 1. The fourth-order valence-corrected chi connectivity index (χ4v) is 1.84. The summed E-state index contributed by atoms with van der Waals surface area (Å²) in [7, 11) is 0. The van der Waals surface area contributed by atoms with Gasteiger partial charge in [-0.3, -0.25) is 0 Å². The van der Waals surface area contributed by atoms with Crippen molar-refractivity contribution >= 4 is 0 Å². The van der Waals surface area contributed by atoms with E-state index in [2.05, 4.69) is 44.8 Å². The van der Waals surface area contributed by atoms with Crippen LogP contribution in [0, 0.1) is 11.8 Å². The van der Waals surface area contributed by atoms with Gasteiger partial charge in [0, 0.05) is 19.7 Å². The molecular weight excluding hydrogens is 212 g/mol. The lowest BCUT2D eigenvalue weighted by atomic mass is 10.1. The van der Waals surface area contributed by atoms with Crippen LogP contribution in [-0.4, -0.2) is 50.8 Å². The Balaban J connectivity index is 3.62. The van der Waals surface area contributed by atoms with Crippen molar-refractivity contribution in [2.45, 2.75) is 34.6 Å². The molecule has 0 fully saturated rings. The van der Waals surface area contributed by atoms with Crippen LogP contribution in [0.3, 0.4) is 0 Å². The van der Waals surface area contributed by atoms with E-state index in [9.17, 15) is 0 Å². The van der Waals surface area contributed by atoms with Crippen LogP contribution < -0.4 is 5.32 Å². The minimum absolute atomic E-state index is 0.704. The second kappa shape index (κ2) is 11.0. The molecule has 0 bridgehead atoms. The number of rotatable bonds is 11. The average Bonchev–Trinajstić information content (AvgIpc) is 2.27. The van der Waals surface area contributed by atoms with Crippen LogP contribution in [0.2, 0.25) is 0 Å². The molecule has 0 aromatic heterocycles. The Bertz CT molecular complexity index is 162. The zero-order valence-electron chi connectivity index (χ0n) is 12.5. The quantitative estimate of drug-likeness (QED) is 0.564. The van der Waals surface area contributed by atoms with Crippen LogP contribution in [0.25, 0.3) is 0 Å². The van der Waals surface area contributed by atoms with E-state index in [0.29, 0.717) is 5.92 Å². The molecule has 0 aliphatic carbocycles. The fraction of sp³-hybridized carbons (Fsp3) is 1.00. The molecule has 0 aliphatic rings. The smallest absolute Gasteiger partial charge is 0.0593 e. The van der Waals surface area contributed by atoms with Crippen LogP contribution in [0.1, 0.15) is 34.6 Å². The van der Waals surface area contributed by atoms with E-state index >= 15 is 0 Å². The van der Waals surface area contributed by atoms with E-state index < -0.39 is 0 Å². The average molecular weight is 244 g/mol. The van der Waals surface area contributed by atoms with Crippen molar-refractivity contribution in [2.24, 2.45) is 11.8 Å². The van der Waals surface area contributed by atoms with Crippen molar-refractivity contribution < 1.29 is 4.74 Å². The Labute approximate surface area is 108 Å². The molecule has 0 aromatic carbocycles. The Kier molecular flexibility index (Phi) is 10.9. The van der Waals surface area contributed by atoms with Crippen LogP contribution in [0.15, 0.2) is 0 Å². The third-order valence-corrected chi connectivity index (χ3v) is 2.82. The number of hydrogen-bond acceptors (Lipinski definition) is 3. The fourth-order valence-electron chi connectivity index (χ4n) is 1.84. The number of hydrogen-bond donors (Lipinski definition) is 1. The van der Waals surface area contributed by atoms with Gasteiger partial charge in [0.2, 0.25) is 0 Å². The predicted molar refractivity (Wildman–Crippen MR) is 75.5 cm³/mol. The molecule has 3 nitrogen and oxygen atoms in total. The number of nitrogens with one attached hydrogen (secondary N) is 1. The van der Waals surface area contributed by atoms with Gasteiger partial charge in [0.1, 0.15) is 0 Å². The minimum Gasteiger partial charge on any atom is -0.380 e.